The topological polar surface area (TPSA) is 49.8 Å². The maximum Gasteiger partial charge on any atom is 0.412 e. The molecule has 0 aliphatic carbocycles. The number of benzene rings is 1. The number of hydrogen-bond donors (Lipinski definition) is 1. The highest BCUT2D eigenvalue weighted by molar-refractivity contribution is 5.72. The van der Waals surface area contributed by atoms with Gasteiger partial charge >= 0.3 is 6.09 Å². The number of nitrogens with zero attached hydrogens (tertiary/aromatic N) is 1. The second-order valence-corrected chi connectivity index (χ2v) is 6.83. The number of carbonyl (C=O) groups excluding carboxylic acids is 1. The Balaban J connectivity index is 2.06. The van der Waals surface area contributed by atoms with E-state index in [1.54, 1.807) is 6.92 Å². The lowest BCUT2D eigenvalue weighted by molar-refractivity contribution is -0.138. The highest BCUT2D eigenvalue weighted by atomic mass is 16.6. The molecule has 1 fully saturated rings. The van der Waals surface area contributed by atoms with Crippen LogP contribution in [-0.4, -0.2) is 34.0 Å². The van der Waals surface area contributed by atoms with Crippen LogP contribution in [0.4, 0.5) is 4.79 Å². The van der Waals surface area contributed by atoms with Gasteiger partial charge in [-0.05, 0) is 52.5 Å². The minimum Gasteiger partial charge on any atom is -0.438 e. The van der Waals surface area contributed by atoms with E-state index >= 15 is 0 Å². The summed E-state index contributed by atoms with van der Waals surface area (Å²) in [5.41, 5.74) is 0.147. The van der Waals surface area contributed by atoms with Gasteiger partial charge in [-0.2, -0.15) is 0 Å². The van der Waals surface area contributed by atoms with Crippen molar-refractivity contribution in [3.63, 3.8) is 0 Å². The van der Waals surface area contributed by atoms with Crippen molar-refractivity contribution >= 4 is 6.09 Å². The summed E-state index contributed by atoms with van der Waals surface area (Å²) >= 11 is 0. The smallest absolute Gasteiger partial charge is 0.412 e. The fourth-order valence-electron chi connectivity index (χ4n) is 2.93. The minimum absolute atomic E-state index is 0.439. The molecule has 0 radical (unpaired) electrons. The number of allylic oxidation sites excluding steroid dienone is 2. The molecular weight excluding hydrogens is 290 g/mol. The molecule has 1 aromatic rings. The Bertz CT molecular complexity index is 576. The molecule has 2 unspecified atom stereocenters. The fourth-order valence-corrected chi connectivity index (χ4v) is 2.93. The summed E-state index contributed by atoms with van der Waals surface area (Å²) < 4.78 is 5.55. The van der Waals surface area contributed by atoms with E-state index in [0.717, 1.165) is 12.0 Å². The minimum atomic E-state index is -1.31. The van der Waals surface area contributed by atoms with Crippen molar-refractivity contribution in [3.8, 4) is 0 Å². The summed E-state index contributed by atoms with van der Waals surface area (Å²) in [6.45, 7) is 7.99. The van der Waals surface area contributed by atoms with E-state index in [-0.39, 0.29) is 0 Å². The summed E-state index contributed by atoms with van der Waals surface area (Å²) in [6, 6.07) is 9.94. The molecule has 2 atom stereocenters. The van der Waals surface area contributed by atoms with Gasteiger partial charge in [-0.25, -0.2) is 4.79 Å². The highest BCUT2D eigenvalue weighted by Crippen LogP contribution is 2.40. The van der Waals surface area contributed by atoms with Crippen molar-refractivity contribution < 1.29 is 14.6 Å². The predicted molar refractivity (Wildman–Crippen MR) is 91.0 cm³/mol. The predicted octanol–water partition coefficient (Wildman–Crippen LogP) is 3.89. The van der Waals surface area contributed by atoms with E-state index in [1.807, 2.05) is 51.1 Å². The zero-order chi connectivity index (χ0) is 17.1. The fraction of sp³-hybridized carbons (Fsp3) is 0.526. The lowest BCUT2D eigenvalue weighted by atomic mass is 9.88. The van der Waals surface area contributed by atoms with Crippen molar-refractivity contribution in [3.05, 3.63) is 47.5 Å². The van der Waals surface area contributed by atoms with Crippen LogP contribution in [0.15, 0.2) is 42.0 Å². The Morgan fingerprint density at radius 1 is 1.26 bits per heavy atom. The molecule has 0 bridgehead atoms. The van der Waals surface area contributed by atoms with Crippen LogP contribution in [0.1, 0.15) is 46.1 Å². The van der Waals surface area contributed by atoms with E-state index in [0.29, 0.717) is 19.4 Å². The molecule has 0 aromatic heterocycles. The first-order valence-electron chi connectivity index (χ1n) is 8.16. The summed E-state index contributed by atoms with van der Waals surface area (Å²) in [7, 11) is 0. The average molecular weight is 317 g/mol. The monoisotopic (exact) mass is 317 g/mol. The second kappa shape index (κ2) is 6.75. The molecule has 4 nitrogen and oxygen atoms in total. The molecule has 1 heterocycles. The number of aliphatic hydroxyl groups is 1. The molecule has 2 rings (SSSR count). The Labute approximate surface area is 138 Å². The van der Waals surface area contributed by atoms with Crippen molar-refractivity contribution in [2.24, 2.45) is 0 Å². The van der Waals surface area contributed by atoms with Gasteiger partial charge in [-0.1, -0.05) is 42.0 Å². The molecule has 1 saturated heterocycles. The number of hydrogen-bond acceptors (Lipinski definition) is 3. The SMILES string of the molecule is CC(C)=CCCC1(C)OC(=O)N(CCc2ccccc2)C1(C)O. The van der Waals surface area contributed by atoms with Crippen LogP contribution in [0.2, 0.25) is 0 Å². The van der Waals surface area contributed by atoms with Gasteiger partial charge < -0.3 is 9.84 Å². The van der Waals surface area contributed by atoms with Crippen molar-refractivity contribution in [1.29, 1.82) is 0 Å². The van der Waals surface area contributed by atoms with Crippen LogP contribution in [0.25, 0.3) is 0 Å². The molecule has 23 heavy (non-hydrogen) atoms. The van der Waals surface area contributed by atoms with Crippen LogP contribution in [0, 0.1) is 0 Å². The lowest BCUT2D eigenvalue weighted by Gasteiger charge is -2.37. The van der Waals surface area contributed by atoms with Gasteiger partial charge in [0.25, 0.3) is 0 Å². The number of cyclic esters (lactones) is 1. The van der Waals surface area contributed by atoms with Crippen LogP contribution in [0.3, 0.4) is 0 Å². The molecule has 0 saturated carbocycles. The van der Waals surface area contributed by atoms with Crippen LogP contribution >= 0.6 is 0 Å². The van der Waals surface area contributed by atoms with E-state index in [4.69, 9.17) is 4.74 Å². The number of carbonyl (C=O) groups is 1. The number of ether oxygens (including phenoxy) is 1. The van der Waals surface area contributed by atoms with Crippen molar-refractivity contribution in [2.45, 2.75) is 58.3 Å². The van der Waals surface area contributed by atoms with Gasteiger partial charge in [-0.3, -0.25) is 4.90 Å². The average Bonchev–Trinajstić information content (AvgIpc) is 2.63. The third kappa shape index (κ3) is 3.75. The molecule has 1 aromatic carbocycles. The number of amides is 1. The molecule has 1 N–H and O–H groups in total. The first kappa shape index (κ1) is 17.5. The molecule has 1 aliphatic rings. The van der Waals surface area contributed by atoms with E-state index in [9.17, 15) is 9.90 Å². The molecule has 0 spiro atoms. The van der Waals surface area contributed by atoms with Crippen LogP contribution < -0.4 is 0 Å². The Hall–Kier alpha value is -1.81. The third-order valence-corrected chi connectivity index (χ3v) is 4.70. The highest BCUT2D eigenvalue weighted by Gasteiger charge is 2.58. The maximum absolute atomic E-state index is 12.3. The van der Waals surface area contributed by atoms with Crippen molar-refractivity contribution in [1.82, 2.24) is 4.90 Å². The first-order valence-corrected chi connectivity index (χ1v) is 8.16. The van der Waals surface area contributed by atoms with Gasteiger partial charge in [0.2, 0.25) is 0 Å². The molecule has 126 valence electrons. The Morgan fingerprint density at radius 2 is 1.91 bits per heavy atom. The molecule has 1 amide bonds. The van der Waals surface area contributed by atoms with E-state index in [2.05, 4.69) is 6.08 Å². The largest absolute Gasteiger partial charge is 0.438 e. The van der Waals surface area contributed by atoms with Gasteiger partial charge in [-0.15, -0.1) is 0 Å². The van der Waals surface area contributed by atoms with Gasteiger partial charge in [0.1, 0.15) is 0 Å². The van der Waals surface area contributed by atoms with Crippen molar-refractivity contribution in [2.75, 3.05) is 6.54 Å². The maximum atomic E-state index is 12.3. The zero-order valence-electron chi connectivity index (χ0n) is 14.5. The third-order valence-electron chi connectivity index (χ3n) is 4.70. The van der Waals surface area contributed by atoms with Gasteiger partial charge in [0.05, 0.1) is 0 Å². The zero-order valence-corrected chi connectivity index (χ0v) is 14.5. The van der Waals surface area contributed by atoms with Crippen LogP contribution in [-0.2, 0) is 11.2 Å². The van der Waals surface area contributed by atoms with Gasteiger partial charge in [0, 0.05) is 6.54 Å². The van der Waals surface area contributed by atoms with Gasteiger partial charge in [0.15, 0.2) is 11.3 Å². The summed E-state index contributed by atoms with van der Waals surface area (Å²) in [5, 5.41) is 10.9. The summed E-state index contributed by atoms with van der Waals surface area (Å²) in [4.78, 5) is 13.7. The summed E-state index contributed by atoms with van der Waals surface area (Å²) in [6.07, 6.45) is 3.72. The Morgan fingerprint density at radius 3 is 2.52 bits per heavy atom. The van der Waals surface area contributed by atoms with Crippen LogP contribution in [0.5, 0.6) is 0 Å². The standard InChI is InChI=1S/C19H27NO3/c1-15(2)9-8-13-18(3)19(4,22)20(17(21)23-18)14-12-16-10-6-5-7-11-16/h5-7,9-11,22H,8,12-14H2,1-4H3. The summed E-state index contributed by atoms with van der Waals surface area (Å²) in [5.74, 6) is 0. The lowest BCUT2D eigenvalue weighted by Crippen LogP contribution is -2.55. The number of rotatable bonds is 6. The van der Waals surface area contributed by atoms with E-state index in [1.165, 1.54) is 10.5 Å². The quantitative estimate of drug-likeness (QED) is 0.810. The normalized spacial score (nSPS) is 27.0. The molecule has 4 heteroatoms. The van der Waals surface area contributed by atoms with E-state index < -0.39 is 17.4 Å². The molecule has 1 aliphatic heterocycles. The molecular formula is C19H27NO3. The first-order chi connectivity index (χ1) is 10.8. The second-order valence-electron chi connectivity index (χ2n) is 6.83. The Kier molecular flexibility index (Phi) is 5.15.